The summed E-state index contributed by atoms with van der Waals surface area (Å²) in [6, 6.07) is 7.03. The van der Waals surface area contributed by atoms with Gasteiger partial charge in [0.15, 0.2) is 9.84 Å². The molecule has 1 heterocycles. The van der Waals surface area contributed by atoms with Crippen LogP contribution in [0.5, 0.6) is 0 Å². The molecule has 4 nitrogen and oxygen atoms in total. The summed E-state index contributed by atoms with van der Waals surface area (Å²) >= 11 is 7.64. The minimum Gasteiger partial charge on any atom is -0.353 e. The zero-order valence-corrected chi connectivity index (χ0v) is 12.7. The second-order valence-electron chi connectivity index (χ2n) is 4.33. The molecule has 19 heavy (non-hydrogen) atoms. The second kappa shape index (κ2) is 5.61. The molecule has 1 aliphatic rings. The molecule has 1 unspecified atom stereocenters. The van der Waals surface area contributed by atoms with Gasteiger partial charge in [0.05, 0.1) is 10.6 Å². The number of thioether (sulfide) groups is 1. The molecule has 0 aromatic heterocycles. The Morgan fingerprint density at radius 3 is 2.84 bits per heavy atom. The van der Waals surface area contributed by atoms with Gasteiger partial charge in [-0.1, -0.05) is 11.6 Å². The Kier molecular flexibility index (Phi) is 4.29. The molecule has 1 aliphatic heterocycles. The first kappa shape index (κ1) is 14.5. The Morgan fingerprint density at radius 1 is 1.53 bits per heavy atom. The number of halogens is 1. The van der Waals surface area contributed by atoms with Crippen LogP contribution in [0.15, 0.2) is 18.2 Å². The lowest BCUT2D eigenvalue weighted by atomic mass is 10.2. The van der Waals surface area contributed by atoms with Crippen molar-refractivity contribution in [1.82, 2.24) is 0 Å². The van der Waals surface area contributed by atoms with Crippen molar-refractivity contribution >= 4 is 38.9 Å². The van der Waals surface area contributed by atoms with Crippen LogP contribution in [0.2, 0.25) is 5.02 Å². The fourth-order valence-electron chi connectivity index (χ4n) is 2.00. The number of nitriles is 1. The number of hydrogen-bond donors (Lipinski definition) is 0. The summed E-state index contributed by atoms with van der Waals surface area (Å²) in [4.78, 5) is 1.85. The van der Waals surface area contributed by atoms with Crippen molar-refractivity contribution in [3.05, 3.63) is 28.8 Å². The van der Waals surface area contributed by atoms with E-state index >= 15 is 0 Å². The van der Waals surface area contributed by atoms with Gasteiger partial charge in [0.25, 0.3) is 0 Å². The first-order valence-electron chi connectivity index (χ1n) is 5.66. The van der Waals surface area contributed by atoms with Crippen molar-refractivity contribution < 1.29 is 8.42 Å². The summed E-state index contributed by atoms with van der Waals surface area (Å²) in [6.07, 6.45) is 1.25. The highest BCUT2D eigenvalue weighted by atomic mass is 35.5. The van der Waals surface area contributed by atoms with E-state index in [0.29, 0.717) is 22.9 Å². The first-order chi connectivity index (χ1) is 8.93. The van der Waals surface area contributed by atoms with E-state index < -0.39 is 15.2 Å². The molecule has 0 amide bonds. The third-order valence-electron chi connectivity index (χ3n) is 2.98. The van der Waals surface area contributed by atoms with Gasteiger partial charge in [-0.2, -0.15) is 17.0 Å². The highest BCUT2D eigenvalue weighted by Crippen LogP contribution is 2.29. The maximum Gasteiger partial charge on any atom is 0.169 e. The zero-order valence-electron chi connectivity index (χ0n) is 10.3. The van der Waals surface area contributed by atoms with Crippen molar-refractivity contribution in [3.8, 4) is 6.07 Å². The topological polar surface area (TPSA) is 61.2 Å². The lowest BCUT2D eigenvalue weighted by Crippen LogP contribution is -2.47. The molecule has 0 spiro atoms. The minimum absolute atomic E-state index is 0.352. The van der Waals surface area contributed by atoms with Crippen LogP contribution in [0.25, 0.3) is 0 Å². The molecule has 1 atom stereocenters. The van der Waals surface area contributed by atoms with Crippen molar-refractivity contribution in [3.63, 3.8) is 0 Å². The van der Waals surface area contributed by atoms with Gasteiger partial charge in [-0.05, 0) is 18.2 Å². The number of hydrogen-bond acceptors (Lipinski definition) is 5. The van der Waals surface area contributed by atoms with Gasteiger partial charge in [0.2, 0.25) is 0 Å². The highest BCUT2D eigenvalue weighted by molar-refractivity contribution is 8.01. The summed E-state index contributed by atoms with van der Waals surface area (Å²) in [7, 11) is -3.15. The van der Waals surface area contributed by atoms with Gasteiger partial charge in [-0.15, -0.1) is 0 Å². The first-order valence-corrected chi connectivity index (χ1v) is 9.15. The molecule has 1 aromatic rings. The van der Waals surface area contributed by atoms with E-state index in [1.807, 2.05) is 11.0 Å². The predicted octanol–water partition coefficient (Wildman–Crippen LogP) is 2.14. The van der Waals surface area contributed by atoms with Crippen LogP contribution in [0.3, 0.4) is 0 Å². The standard InChI is InChI=1S/C12H13ClN2O2S2/c1-19(16,17)12-8-18-5-4-15(12)10-3-2-9(7-14)11(13)6-10/h2-3,6,12H,4-5,8H2,1H3. The highest BCUT2D eigenvalue weighted by Gasteiger charge is 2.31. The monoisotopic (exact) mass is 316 g/mol. The molecule has 1 aromatic carbocycles. The van der Waals surface area contributed by atoms with Crippen LogP contribution >= 0.6 is 23.4 Å². The van der Waals surface area contributed by atoms with Crippen LogP contribution in [-0.2, 0) is 9.84 Å². The van der Waals surface area contributed by atoms with Crippen molar-refractivity contribution in [2.45, 2.75) is 5.37 Å². The molecule has 0 bridgehead atoms. The van der Waals surface area contributed by atoms with E-state index in [0.717, 1.165) is 11.4 Å². The number of rotatable bonds is 2. The van der Waals surface area contributed by atoms with Crippen LogP contribution in [0.1, 0.15) is 5.56 Å². The SMILES string of the molecule is CS(=O)(=O)C1CSCCN1c1ccc(C#N)c(Cl)c1. The van der Waals surface area contributed by atoms with Gasteiger partial charge in [-0.3, -0.25) is 0 Å². The van der Waals surface area contributed by atoms with E-state index in [-0.39, 0.29) is 0 Å². The Bertz CT molecular complexity index is 625. The summed E-state index contributed by atoms with van der Waals surface area (Å²) in [6.45, 7) is 0.657. The van der Waals surface area contributed by atoms with Gasteiger partial charge >= 0.3 is 0 Å². The summed E-state index contributed by atoms with van der Waals surface area (Å²) in [5, 5.41) is 8.67. The Hall–Kier alpha value is -0.900. The van der Waals surface area contributed by atoms with Gasteiger partial charge < -0.3 is 4.90 Å². The van der Waals surface area contributed by atoms with Crippen LogP contribution in [0.4, 0.5) is 5.69 Å². The van der Waals surface area contributed by atoms with Crippen molar-refractivity contribution in [2.75, 3.05) is 29.2 Å². The van der Waals surface area contributed by atoms with Crippen molar-refractivity contribution in [2.24, 2.45) is 0 Å². The molecular weight excluding hydrogens is 304 g/mol. The summed E-state index contributed by atoms with van der Waals surface area (Å²) in [5.41, 5.74) is 1.15. The van der Waals surface area contributed by atoms with Gasteiger partial charge in [0, 0.05) is 30.0 Å². The van der Waals surface area contributed by atoms with Gasteiger partial charge in [-0.25, -0.2) is 8.42 Å². The zero-order chi connectivity index (χ0) is 14.0. The Balaban J connectivity index is 2.39. The Morgan fingerprint density at radius 2 is 2.26 bits per heavy atom. The maximum absolute atomic E-state index is 11.8. The number of anilines is 1. The fraction of sp³-hybridized carbons (Fsp3) is 0.417. The quantitative estimate of drug-likeness (QED) is 0.836. The number of nitrogens with zero attached hydrogens (tertiary/aromatic N) is 2. The normalized spacial score (nSPS) is 20.1. The van der Waals surface area contributed by atoms with Crippen LogP contribution < -0.4 is 4.90 Å². The molecule has 0 aliphatic carbocycles. The lowest BCUT2D eigenvalue weighted by Gasteiger charge is -2.36. The van der Waals surface area contributed by atoms with E-state index in [1.165, 1.54) is 6.26 Å². The number of benzene rings is 1. The van der Waals surface area contributed by atoms with E-state index in [9.17, 15) is 8.42 Å². The molecule has 1 fully saturated rings. The average molecular weight is 317 g/mol. The maximum atomic E-state index is 11.8. The fourth-order valence-corrected chi connectivity index (χ4v) is 5.06. The molecule has 0 N–H and O–H groups in total. The molecule has 1 saturated heterocycles. The largest absolute Gasteiger partial charge is 0.353 e. The Labute approximate surface area is 122 Å². The van der Waals surface area contributed by atoms with Crippen LogP contribution in [0, 0.1) is 11.3 Å². The van der Waals surface area contributed by atoms with Gasteiger partial charge in [0.1, 0.15) is 11.4 Å². The summed E-state index contributed by atoms with van der Waals surface area (Å²) < 4.78 is 23.7. The third-order valence-corrected chi connectivity index (χ3v) is 5.94. The lowest BCUT2D eigenvalue weighted by molar-refractivity contribution is 0.584. The van der Waals surface area contributed by atoms with Crippen LogP contribution in [-0.4, -0.2) is 38.1 Å². The van der Waals surface area contributed by atoms with Crippen molar-refractivity contribution in [1.29, 1.82) is 5.26 Å². The molecule has 2 rings (SSSR count). The smallest absolute Gasteiger partial charge is 0.169 e. The molecular formula is C12H13ClN2O2S2. The van der Waals surface area contributed by atoms with E-state index in [4.69, 9.17) is 16.9 Å². The second-order valence-corrected chi connectivity index (χ2v) is 8.09. The van der Waals surface area contributed by atoms with E-state index in [1.54, 1.807) is 30.0 Å². The predicted molar refractivity (Wildman–Crippen MR) is 79.5 cm³/mol. The number of sulfone groups is 1. The average Bonchev–Trinajstić information content (AvgIpc) is 2.37. The molecule has 102 valence electrons. The molecule has 0 saturated carbocycles. The third kappa shape index (κ3) is 3.16. The molecule has 7 heteroatoms. The molecule has 0 radical (unpaired) electrons. The summed E-state index contributed by atoms with van der Waals surface area (Å²) in [5.74, 6) is 1.43. The van der Waals surface area contributed by atoms with E-state index in [2.05, 4.69) is 0 Å². The minimum atomic E-state index is -3.15.